The van der Waals surface area contributed by atoms with E-state index in [1.54, 1.807) is 0 Å². The number of carboxylic acid groups (broad SMARTS) is 1. The van der Waals surface area contributed by atoms with Gasteiger partial charge in [0, 0.05) is 11.9 Å². The lowest BCUT2D eigenvalue weighted by Gasteiger charge is -2.00. The van der Waals surface area contributed by atoms with Crippen LogP contribution in [-0.4, -0.2) is 20.9 Å². The lowest BCUT2D eigenvalue weighted by atomic mass is 10.1. The molecule has 4 nitrogen and oxygen atoms in total. The summed E-state index contributed by atoms with van der Waals surface area (Å²) in [6, 6.07) is 5.62. The van der Waals surface area contributed by atoms with Gasteiger partial charge in [0.15, 0.2) is 5.69 Å². The van der Waals surface area contributed by atoms with Crippen LogP contribution in [0.2, 0.25) is 0 Å². The molecule has 1 aromatic heterocycles. The standard InChI is InChI=1S/C11H12N2O2/c1-3-13-10(11(14)15)9-7(2)5-4-6-8(9)12-13/h4-6H,3H2,1-2H3,(H,14,15). The number of aryl methyl sites for hydroxylation is 2. The molecule has 0 aliphatic carbocycles. The second-order valence-corrected chi connectivity index (χ2v) is 3.44. The number of aromatic nitrogens is 2. The summed E-state index contributed by atoms with van der Waals surface area (Å²) in [6.45, 7) is 4.35. The van der Waals surface area contributed by atoms with E-state index < -0.39 is 5.97 Å². The first-order valence-electron chi connectivity index (χ1n) is 4.84. The maximum absolute atomic E-state index is 11.1. The quantitative estimate of drug-likeness (QED) is 0.814. The molecule has 0 radical (unpaired) electrons. The molecule has 78 valence electrons. The summed E-state index contributed by atoms with van der Waals surface area (Å²) < 4.78 is 1.53. The van der Waals surface area contributed by atoms with Crippen LogP contribution in [0.4, 0.5) is 0 Å². The topological polar surface area (TPSA) is 55.1 Å². The molecule has 1 aromatic carbocycles. The summed E-state index contributed by atoms with van der Waals surface area (Å²) in [7, 11) is 0. The molecule has 0 amide bonds. The van der Waals surface area contributed by atoms with Crippen molar-refractivity contribution in [2.75, 3.05) is 0 Å². The van der Waals surface area contributed by atoms with Crippen LogP contribution in [0, 0.1) is 6.92 Å². The largest absolute Gasteiger partial charge is 0.477 e. The van der Waals surface area contributed by atoms with Crippen molar-refractivity contribution in [1.29, 1.82) is 0 Å². The Bertz CT molecular complexity index is 529. The smallest absolute Gasteiger partial charge is 0.354 e. The fraction of sp³-hybridized carbons (Fsp3) is 0.273. The predicted octanol–water partition coefficient (Wildman–Crippen LogP) is 2.06. The van der Waals surface area contributed by atoms with E-state index in [2.05, 4.69) is 5.10 Å². The van der Waals surface area contributed by atoms with E-state index in [0.29, 0.717) is 6.54 Å². The minimum absolute atomic E-state index is 0.283. The second kappa shape index (κ2) is 3.38. The van der Waals surface area contributed by atoms with Crippen LogP contribution in [0.25, 0.3) is 10.9 Å². The van der Waals surface area contributed by atoms with Crippen molar-refractivity contribution < 1.29 is 9.90 Å². The van der Waals surface area contributed by atoms with Gasteiger partial charge in [-0.05, 0) is 25.5 Å². The molecule has 0 unspecified atom stereocenters. The normalized spacial score (nSPS) is 10.8. The van der Waals surface area contributed by atoms with Crippen LogP contribution in [0.1, 0.15) is 23.0 Å². The molecular weight excluding hydrogens is 192 g/mol. The van der Waals surface area contributed by atoms with Crippen molar-refractivity contribution >= 4 is 16.9 Å². The molecule has 0 saturated heterocycles. The first-order chi connectivity index (χ1) is 7.15. The Balaban J connectivity index is 2.88. The van der Waals surface area contributed by atoms with Gasteiger partial charge in [0.1, 0.15) is 0 Å². The summed E-state index contributed by atoms with van der Waals surface area (Å²) in [5.41, 5.74) is 1.98. The van der Waals surface area contributed by atoms with E-state index in [4.69, 9.17) is 5.11 Å². The van der Waals surface area contributed by atoms with Gasteiger partial charge >= 0.3 is 5.97 Å². The van der Waals surface area contributed by atoms with Gasteiger partial charge in [-0.15, -0.1) is 0 Å². The Morgan fingerprint density at radius 3 is 2.87 bits per heavy atom. The Morgan fingerprint density at radius 1 is 1.53 bits per heavy atom. The summed E-state index contributed by atoms with van der Waals surface area (Å²) in [6.07, 6.45) is 0. The van der Waals surface area contributed by atoms with Crippen LogP contribution in [0.15, 0.2) is 18.2 Å². The third-order valence-electron chi connectivity index (χ3n) is 2.48. The van der Waals surface area contributed by atoms with Gasteiger partial charge in [0.05, 0.1) is 5.52 Å². The highest BCUT2D eigenvalue weighted by Crippen LogP contribution is 2.22. The van der Waals surface area contributed by atoms with Gasteiger partial charge in [-0.25, -0.2) is 4.79 Å². The van der Waals surface area contributed by atoms with Crippen LogP contribution >= 0.6 is 0 Å². The summed E-state index contributed by atoms with van der Waals surface area (Å²) in [4.78, 5) is 11.1. The van der Waals surface area contributed by atoms with Gasteiger partial charge in [-0.1, -0.05) is 12.1 Å². The first kappa shape index (κ1) is 9.71. The SMILES string of the molecule is CCn1nc2cccc(C)c2c1C(=O)O. The van der Waals surface area contributed by atoms with Crippen molar-refractivity contribution in [2.24, 2.45) is 0 Å². The number of nitrogens with zero attached hydrogens (tertiary/aromatic N) is 2. The predicted molar refractivity (Wildman–Crippen MR) is 57.1 cm³/mol. The summed E-state index contributed by atoms with van der Waals surface area (Å²) in [5.74, 6) is -0.923. The molecule has 0 aliphatic rings. The highest BCUT2D eigenvalue weighted by molar-refractivity contribution is 6.02. The molecule has 0 atom stereocenters. The first-order valence-corrected chi connectivity index (χ1v) is 4.84. The van der Waals surface area contributed by atoms with Crippen molar-refractivity contribution in [2.45, 2.75) is 20.4 Å². The zero-order valence-electron chi connectivity index (χ0n) is 8.69. The Labute approximate surface area is 87.1 Å². The van der Waals surface area contributed by atoms with E-state index >= 15 is 0 Å². The Kier molecular flexibility index (Phi) is 2.19. The number of benzene rings is 1. The van der Waals surface area contributed by atoms with Crippen LogP contribution < -0.4 is 0 Å². The Morgan fingerprint density at radius 2 is 2.27 bits per heavy atom. The average Bonchev–Trinajstić information content (AvgIpc) is 2.57. The van der Waals surface area contributed by atoms with Gasteiger partial charge in [-0.3, -0.25) is 4.68 Å². The summed E-state index contributed by atoms with van der Waals surface area (Å²) >= 11 is 0. The van der Waals surface area contributed by atoms with Crippen molar-refractivity contribution in [3.05, 3.63) is 29.5 Å². The maximum Gasteiger partial charge on any atom is 0.354 e. The third-order valence-corrected chi connectivity index (χ3v) is 2.48. The number of carboxylic acids is 1. The molecule has 2 aromatic rings. The van der Waals surface area contributed by atoms with E-state index in [1.807, 2.05) is 32.0 Å². The minimum atomic E-state index is -0.923. The number of rotatable bonds is 2. The zero-order valence-corrected chi connectivity index (χ0v) is 8.69. The lowest BCUT2D eigenvalue weighted by Crippen LogP contribution is -2.08. The van der Waals surface area contributed by atoms with Gasteiger partial charge < -0.3 is 5.11 Å². The lowest BCUT2D eigenvalue weighted by molar-refractivity contribution is 0.0685. The fourth-order valence-corrected chi connectivity index (χ4v) is 1.80. The van der Waals surface area contributed by atoms with E-state index in [0.717, 1.165) is 16.5 Å². The minimum Gasteiger partial charge on any atom is -0.477 e. The monoisotopic (exact) mass is 204 g/mol. The number of hydrogen-bond acceptors (Lipinski definition) is 2. The molecule has 1 heterocycles. The molecule has 1 N–H and O–H groups in total. The molecule has 4 heteroatoms. The fourth-order valence-electron chi connectivity index (χ4n) is 1.80. The van der Waals surface area contributed by atoms with Gasteiger partial charge in [0.25, 0.3) is 0 Å². The van der Waals surface area contributed by atoms with Crippen LogP contribution in [0.5, 0.6) is 0 Å². The van der Waals surface area contributed by atoms with Crippen LogP contribution in [-0.2, 0) is 6.54 Å². The molecule has 0 saturated carbocycles. The van der Waals surface area contributed by atoms with E-state index in [9.17, 15) is 4.79 Å². The van der Waals surface area contributed by atoms with Crippen molar-refractivity contribution in [1.82, 2.24) is 9.78 Å². The van der Waals surface area contributed by atoms with Gasteiger partial charge in [-0.2, -0.15) is 5.10 Å². The molecule has 2 rings (SSSR count). The van der Waals surface area contributed by atoms with E-state index in [1.165, 1.54) is 4.68 Å². The third kappa shape index (κ3) is 1.38. The molecule has 0 fully saturated rings. The average molecular weight is 204 g/mol. The Hall–Kier alpha value is -1.84. The van der Waals surface area contributed by atoms with Crippen LogP contribution in [0.3, 0.4) is 0 Å². The van der Waals surface area contributed by atoms with Crippen molar-refractivity contribution in [3.8, 4) is 0 Å². The second-order valence-electron chi connectivity index (χ2n) is 3.44. The molecule has 15 heavy (non-hydrogen) atoms. The zero-order chi connectivity index (χ0) is 11.0. The van der Waals surface area contributed by atoms with Gasteiger partial charge in [0.2, 0.25) is 0 Å². The maximum atomic E-state index is 11.1. The molecule has 0 aliphatic heterocycles. The number of carbonyl (C=O) groups is 1. The highest BCUT2D eigenvalue weighted by atomic mass is 16.4. The molecular formula is C11H12N2O2. The molecule has 0 bridgehead atoms. The number of hydrogen-bond donors (Lipinski definition) is 1. The number of fused-ring (bicyclic) bond motifs is 1. The molecule has 0 spiro atoms. The summed E-state index contributed by atoms with van der Waals surface area (Å²) in [5, 5.41) is 14.1. The van der Waals surface area contributed by atoms with Crippen molar-refractivity contribution in [3.63, 3.8) is 0 Å². The highest BCUT2D eigenvalue weighted by Gasteiger charge is 2.17. The van der Waals surface area contributed by atoms with E-state index in [-0.39, 0.29) is 5.69 Å². The number of aromatic carboxylic acids is 1.